The molecule has 1 unspecified atom stereocenters. The molecule has 0 radical (unpaired) electrons. The first-order valence-corrected chi connectivity index (χ1v) is 12.7. The molecule has 2 amide bonds. The molecule has 206 valence electrons. The van der Waals surface area contributed by atoms with Crippen LogP contribution in [0.3, 0.4) is 0 Å². The number of primary amides is 1. The fourth-order valence-corrected chi connectivity index (χ4v) is 5.50. The van der Waals surface area contributed by atoms with E-state index in [9.17, 15) is 28.5 Å². The number of aryl methyl sites for hydroxylation is 2. The zero-order valence-corrected chi connectivity index (χ0v) is 22.6. The number of thiophene rings is 1. The number of nitro groups is 1. The van der Waals surface area contributed by atoms with Gasteiger partial charge in [0.25, 0.3) is 12.3 Å². The molecule has 0 fully saturated rings. The molecule has 3 N–H and O–H groups in total. The minimum Gasteiger partial charge on any atom is -0.365 e. The third-order valence-electron chi connectivity index (χ3n) is 6.49. The molecule has 4 aromatic heterocycles. The third kappa shape index (κ3) is 4.96. The largest absolute Gasteiger partial charge is 0.365 e. The lowest BCUT2D eigenvalue weighted by Gasteiger charge is -2.15. The van der Waals surface area contributed by atoms with Gasteiger partial charge in [0.05, 0.1) is 29.3 Å². The smallest absolute Gasteiger partial charge is 0.312 e. The van der Waals surface area contributed by atoms with E-state index >= 15 is 0 Å². The maximum absolute atomic E-state index is 13.8. The fraction of sp³-hybridized carbons (Fsp3) is 0.375. The maximum Gasteiger partial charge on any atom is 0.312 e. The van der Waals surface area contributed by atoms with Gasteiger partial charge in [0.1, 0.15) is 26.8 Å². The third-order valence-corrected chi connectivity index (χ3v) is 7.59. The normalized spacial score (nSPS) is 12.3. The lowest BCUT2D eigenvalue weighted by atomic mass is 10.0. The van der Waals surface area contributed by atoms with Gasteiger partial charge >= 0.3 is 5.69 Å². The molecule has 0 bridgehead atoms. The van der Waals surface area contributed by atoms with Crippen LogP contribution >= 0.6 is 11.3 Å². The van der Waals surface area contributed by atoms with Gasteiger partial charge in [0.2, 0.25) is 5.91 Å². The van der Waals surface area contributed by atoms with Gasteiger partial charge in [-0.2, -0.15) is 10.2 Å². The summed E-state index contributed by atoms with van der Waals surface area (Å²) in [5.41, 5.74) is 7.14. The molecule has 1 atom stereocenters. The number of nitrogens with two attached hydrogens (primary N) is 1. The van der Waals surface area contributed by atoms with Crippen LogP contribution < -0.4 is 11.1 Å². The molecule has 12 nitrogen and oxygen atoms in total. The van der Waals surface area contributed by atoms with Crippen LogP contribution in [0.5, 0.6) is 0 Å². The highest BCUT2D eigenvalue weighted by molar-refractivity contribution is 7.21. The number of anilines is 1. The average Bonchev–Trinajstić information content (AvgIpc) is 3.51. The van der Waals surface area contributed by atoms with E-state index in [1.54, 1.807) is 18.5 Å². The van der Waals surface area contributed by atoms with Crippen LogP contribution in [-0.4, -0.2) is 41.3 Å². The van der Waals surface area contributed by atoms with Crippen molar-refractivity contribution in [1.29, 1.82) is 0 Å². The van der Waals surface area contributed by atoms with Crippen LogP contribution in [0, 0.1) is 36.8 Å². The monoisotopic (exact) mass is 560 g/mol. The minimum atomic E-state index is -2.88. The standard InChI is InChI=1S/C24H26F2N8O4S/c1-6-32-12(4)15(8-28-32)14-7-16(21(25)26)29-24-17(14)18(20(39-24)22(27)35)30-23(36)10(2)9-33-13(5)19(34(37)38)11(3)31-33/h7-8,10,21H,6,9H2,1-5H3,(H2,27,35)(H,30,36). The number of carbonyl (C=O) groups is 2. The quantitative estimate of drug-likeness (QED) is 0.224. The van der Waals surface area contributed by atoms with Crippen molar-refractivity contribution in [3.63, 3.8) is 0 Å². The molecule has 0 aliphatic rings. The summed E-state index contributed by atoms with van der Waals surface area (Å²) >= 11 is 0.806. The Bertz CT molecular complexity index is 1620. The van der Waals surface area contributed by atoms with Crippen LogP contribution in [-0.2, 0) is 17.9 Å². The second-order valence-electron chi connectivity index (χ2n) is 9.05. The lowest BCUT2D eigenvalue weighted by molar-refractivity contribution is -0.386. The van der Waals surface area contributed by atoms with Crippen LogP contribution in [0.15, 0.2) is 12.3 Å². The van der Waals surface area contributed by atoms with Gasteiger partial charge in [-0.3, -0.25) is 29.1 Å². The highest BCUT2D eigenvalue weighted by Crippen LogP contribution is 2.43. The van der Waals surface area contributed by atoms with Crippen molar-refractivity contribution < 1.29 is 23.3 Å². The number of hydrogen-bond donors (Lipinski definition) is 2. The van der Waals surface area contributed by atoms with Gasteiger partial charge in [-0.05, 0) is 39.3 Å². The number of carbonyl (C=O) groups excluding carboxylic acids is 2. The molecule has 0 aromatic carbocycles. The Labute approximate surface area is 225 Å². The van der Waals surface area contributed by atoms with E-state index in [1.807, 2.05) is 6.92 Å². The van der Waals surface area contributed by atoms with E-state index in [0.717, 1.165) is 11.3 Å². The van der Waals surface area contributed by atoms with Crippen molar-refractivity contribution in [2.24, 2.45) is 11.7 Å². The van der Waals surface area contributed by atoms with E-state index in [-0.39, 0.29) is 33.3 Å². The van der Waals surface area contributed by atoms with E-state index in [0.29, 0.717) is 34.4 Å². The summed E-state index contributed by atoms with van der Waals surface area (Å²) in [6.07, 6.45) is -1.34. The topological polar surface area (TPSA) is 164 Å². The van der Waals surface area contributed by atoms with Gasteiger partial charge in [0, 0.05) is 23.2 Å². The molecule has 0 aliphatic carbocycles. The first kappa shape index (κ1) is 27.8. The molecule has 4 rings (SSSR count). The summed E-state index contributed by atoms with van der Waals surface area (Å²) in [6.45, 7) is 8.88. The number of amides is 2. The Hall–Kier alpha value is -4.27. The number of pyridine rings is 1. The first-order chi connectivity index (χ1) is 18.3. The molecule has 15 heteroatoms. The molecule has 0 saturated carbocycles. The zero-order valence-electron chi connectivity index (χ0n) is 21.8. The minimum absolute atomic E-state index is 0.0172. The molecule has 0 aliphatic heterocycles. The van der Waals surface area contributed by atoms with Crippen LogP contribution in [0.1, 0.15) is 52.7 Å². The Balaban J connectivity index is 1.81. The van der Waals surface area contributed by atoms with E-state index in [4.69, 9.17) is 5.73 Å². The van der Waals surface area contributed by atoms with E-state index < -0.39 is 34.8 Å². The number of hydrogen-bond acceptors (Lipinski definition) is 8. The number of nitrogens with zero attached hydrogens (tertiary/aromatic N) is 6. The number of alkyl halides is 2. The first-order valence-electron chi connectivity index (χ1n) is 11.9. The van der Waals surface area contributed by atoms with Crippen molar-refractivity contribution in [3.8, 4) is 11.1 Å². The van der Waals surface area contributed by atoms with Gasteiger partial charge < -0.3 is 11.1 Å². The second-order valence-corrected chi connectivity index (χ2v) is 10.1. The SMILES string of the molecule is CCn1ncc(-c2cc(C(F)F)nc3sc(C(N)=O)c(NC(=O)C(C)Cn4nc(C)c([N+](=O)[O-])c4C)c23)c1C. The van der Waals surface area contributed by atoms with Crippen molar-refractivity contribution in [2.45, 2.75) is 54.1 Å². The molecule has 4 aromatic rings. The predicted molar refractivity (Wildman–Crippen MR) is 141 cm³/mol. The zero-order chi connectivity index (χ0) is 28.8. The maximum atomic E-state index is 13.8. The number of fused-ring (bicyclic) bond motifs is 1. The molecular weight excluding hydrogens is 534 g/mol. The molecular formula is C24H26F2N8O4S. The second kappa shape index (κ2) is 10.5. The summed E-state index contributed by atoms with van der Waals surface area (Å²) < 4.78 is 30.6. The Kier molecular flexibility index (Phi) is 7.46. The number of halogens is 2. The molecule has 0 spiro atoms. The summed E-state index contributed by atoms with van der Waals surface area (Å²) in [5, 5.41) is 22.9. The molecule has 39 heavy (non-hydrogen) atoms. The highest BCUT2D eigenvalue weighted by Gasteiger charge is 2.28. The molecule has 0 saturated heterocycles. The van der Waals surface area contributed by atoms with Gasteiger partial charge in [-0.25, -0.2) is 13.8 Å². The van der Waals surface area contributed by atoms with E-state index in [2.05, 4.69) is 20.5 Å². The number of rotatable bonds is 9. The van der Waals surface area contributed by atoms with Crippen molar-refractivity contribution in [1.82, 2.24) is 24.5 Å². The summed E-state index contributed by atoms with van der Waals surface area (Å²) in [7, 11) is 0. The van der Waals surface area contributed by atoms with Gasteiger partial charge in [-0.1, -0.05) is 6.92 Å². The number of nitrogens with one attached hydrogen (secondary N) is 1. The Morgan fingerprint density at radius 2 is 1.90 bits per heavy atom. The summed E-state index contributed by atoms with van der Waals surface area (Å²) in [5.74, 6) is -2.14. The van der Waals surface area contributed by atoms with Crippen LogP contribution in [0.2, 0.25) is 0 Å². The predicted octanol–water partition coefficient (Wildman–Crippen LogP) is 4.52. The van der Waals surface area contributed by atoms with Crippen molar-refractivity contribution >= 4 is 44.7 Å². The van der Waals surface area contributed by atoms with Crippen LogP contribution in [0.25, 0.3) is 21.3 Å². The number of aromatic nitrogens is 5. The Morgan fingerprint density at radius 3 is 2.44 bits per heavy atom. The van der Waals surface area contributed by atoms with Crippen LogP contribution in [0.4, 0.5) is 20.2 Å². The molecule has 4 heterocycles. The summed E-state index contributed by atoms with van der Waals surface area (Å²) in [4.78, 5) is 40.6. The summed E-state index contributed by atoms with van der Waals surface area (Å²) in [6, 6.07) is 1.22. The van der Waals surface area contributed by atoms with Crippen molar-refractivity contribution in [3.05, 3.63) is 50.0 Å². The fourth-order valence-electron chi connectivity index (χ4n) is 4.48. The highest BCUT2D eigenvalue weighted by atomic mass is 32.1. The average molecular weight is 561 g/mol. The Morgan fingerprint density at radius 1 is 1.21 bits per heavy atom. The van der Waals surface area contributed by atoms with Gasteiger partial charge in [-0.15, -0.1) is 11.3 Å². The van der Waals surface area contributed by atoms with Gasteiger partial charge in [0.15, 0.2) is 0 Å². The van der Waals surface area contributed by atoms with E-state index in [1.165, 1.54) is 30.8 Å². The van der Waals surface area contributed by atoms with Crippen molar-refractivity contribution in [2.75, 3.05) is 5.32 Å². The lowest BCUT2D eigenvalue weighted by Crippen LogP contribution is -2.26.